The van der Waals surface area contributed by atoms with Gasteiger partial charge in [-0.15, -0.1) is 0 Å². The molecule has 0 aliphatic carbocycles. The van der Waals surface area contributed by atoms with E-state index in [0.29, 0.717) is 32.7 Å². The molecule has 0 N–H and O–H groups in total. The van der Waals surface area contributed by atoms with Gasteiger partial charge in [0.25, 0.3) is 0 Å². The Hall–Kier alpha value is -1.67. The molecule has 8 heteroatoms. The van der Waals surface area contributed by atoms with Crippen LogP contribution in [0.2, 0.25) is 0 Å². The average molecular weight is 400 g/mol. The number of anilines is 1. The van der Waals surface area contributed by atoms with Gasteiger partial charge in [0.2, 0.25) is 15.9 Å². The predicted octanol–water partition coefficient (Wildman–Crippen LogP) is 2.32. The summed E-state index contributed by atoms with van der Waals surface area (Å²) in [5, 5.41) is 0. The van der Waals surface area contributed by atoms with Crippen molar-refractivity contribution >= 4 is 21.6 Å². The number of piperazine rings is 1. The molecule has 1 aliphatic rings. The second kappa shape index (κ2) is 10.0. The van der Waals surface area contributed by atoms with Crippen molar-refractivity contribution in [1.29, 1.82) is 0 Å². The van der Waals surface area contributed by atoms with E-state index in [4.69, 9.17) is 0 Å². The first-order valence-corrected chi connectivity index (χ1v) is 11.4. The number of carbonyl (C=O) groups excluding carboxylic acids is 1. The fourth-order valence-corrected chi connectivity index (χ4v) is 4.11. The number of sulfonamides is 1. The minimum atomic E-state index is -3.30. The predicted molar refractivity (Wildman–Crippen MR) is 106 cm³/mol. The van der Waals surface area contributed by atoms with E-state index < -0.39 is 10.0 Å². The zero-order valence-electron chi connectivity index (χ0n) is 16.2. The Morgan fingerprint density at radius 2 is 1.70 bits per heavy atom. The number of carbonyl (C=O) groups is 1. The second-order valence-corrected chi connectivity index (χ2v) is 8.95. The maximum Gasteiger partial charge on any atom is 0.224 e. The Morgan fingerprint density at radius 3 is 2.26 bits per heavy atom. The van der Waals surface area contributed by atoms with Crippen molar-refractivity contribution < 1.29 is 17.6 Å². The molecule has 0 spiro atoms. The van der Waals surface area contributed by atoms with Crippen LogP contribution in [0.5, 0.6) is 0 Å². The topological polar surface area (TPSA) is 60.9 Å². The van der Waals surface area contributed by atoms with Crippen LogP contribution in [0, 0.1) is 5.82 Å². The zero-order chi connectivity index (χ0) is 19.9. The summed E-state index contributed by atoms with van der Waals surface area (Å²) in [6.45, 7) is 5.32. The number of rotatable bonds is 9. The molecule has 1 heterocycles. The molecule has 1 aromatic carbocycles. The lowest BCUT2D eigenvalue weighted by molar-refractivity contribution is -0.131. The highest BCUT2D eigenvalue weighted by Crippen LogP contribution is 2.17. The molecule has 0 aromatic heterocycles. The number of hydrogen-bond acceptors (Lipinski definition) is 4. The maximum absolute atomic E-state index is 13.0. The fourth-order valence-electron chi connectivity index (χ4n) is 3.23. The van der Waals surface area contributed by atoms with Gasteiger partial charge in [-0.2, -0.15) is 0 Å². The highest BCUT2D eigenvalue weighted by Gasteiger charge is 2.23. The van der Waals surface area contributed by atoms with E-state index in [2.05, 4.69) is 11.8 Å². The van der Waals surface area contributed by atoms with E-state index in [1.165, 1.54) is 22.7 Å². The van der Waals surface area contributed by atoms with E-state index in [1.54, 1.807) is 17.0 Å². The van der Waals surface area contributed by atoms with E-state index in [-0.39, 0.29) is 24.7 Å². The van der Waals surface area contributed by atoms with Crippen LogP contribution >= 0.6 is 0 Å². The molecule has 1 aromatic rings. The van der Waals surface area contributed by atoms with Gasteiger partial charge in [0.1, 0.15) is 5.82 Å². The smallest absolute Gasteiger partial charge is 0.224 e. The van der Waals surface area contributed by atoms with Gasteiger partial charge in [-0.05, 0) is 30.7 Å². The van der Waals surface area contributed by atoms with E-state index in [1.807, 2.05) is 0 Å². The van der Waals surface area contributed by atoms with E-state index >= 15 is 0 Å². The first kappa shape index (κ1) is 21.6. The van der Waals surface area contributed by atoms with Crippen molar-refractivity contribution in [1.82, 2.24) is 9.21 Å². The summed E-state index contributed by atoms with van der Waals surface area (Å²) in [4.78, 5) is 16.4. The zero-order valence-corrected chi connectivity index (χ0v) is 17.0. The Balaban J connectivity index is 1.81. The summed E-state index contributed by atoms with van der Waals surface area (Å²) in [6, 6.07) is 6.36. The third-order valence-electron chi connectivity index (χ3n) is 4.88. The molecule has 152 valence electrons. The Labute approximate surface area is 162 Å². The van der Waals surface area contributed by atoms with Crippen molar-refractivity contribution in [3.8, 4) is 0 Å². The van der Waals surface area contributed by atoms with Crippen LogP contribution in [0.15, 0.2) is 24.3 Å². The number of unbranched alkanes of at least 4 members (excludes halogenated alkanes) is 2. The van der Waals surface area contributed by atoms with Crippen molar-refractivity contribution in [2.75, 3.05) is 50.4 Å². The summed E-state index contributed by atoms with van der Waals surface area (Å²) < 4.78 is 38.3. The van der Waals surface area contributed by atoms with Crippen LogP contribution in [-0.2, 0) is 14.8 Å². The molecule has 0 saturated carbocycles. The molecule has 2 rings (SSSR count). The highest BCUT2D eigenvalue weighted by atomic mass is 32.2. The summed E-state index contributed by atoms with van der Waals surface area (Å²) in [5.41, 5.74) is 0.947. The maximum atomic E-state index is 13.0. The lowest BCUT2D eigenvalue weighted by atomic mass is 10.2. The van der Waals surface area contributed by atoms with Crippen molar-refractivity contribution in [3.05, 3.63) is 30.1 Å². The van der Waals surface area contributed by atoms with Gasteiger partial charge in [0.05, 0.1) is 6.26 Å². The van der Waals surface area contributed by atoms with Gasteiger partial charge in [-0.25, -0.2) is 17.1 Å². The SMILES string of the molecule is CCCCCN(CCC(=O)N1CCN(c2ccc(F)cc2)CC1)S(C)(=O)=O. The summed E-state index contributed by atoms with van der Waals surface area (Å²) in [6.07, 6.45) is 4.22. The second-order valence-electron chi connectivity index (χ2n) is 6.96. The molecule has 1 saturated heterocycles. The van der Waals surface area contributed by atoms with Gasteiger partial charge < -0.3 is 9.80 Å². The molecule has 0 radical (unpaired) electrons. The van der Waals surface area contributed by atoms with Crippen molar-refractivity contribution in [2.45, 2.75) is 32.6 Å². The third kappa shape index (κ3) is 6.77. The summed E-state index contributed by atoms with van der Waals surface area (Å²) >= 11 is 0. The van der Waals surface area contributed by atoms with E-state index in [0.717, 1.165) is 24.9 Å². The van der Waals surface area contributed by atoms with Gasteiger partial charge in [-0.1, -0.05) is 19.8 Å². The van der Waals surface area contributed by atoms with Crippen LogP contribution in [0.4, 0.5) is 10.1 Å². The number of nitrogens with zero attached hydrogens (tertiary/aromatic N) is 3. The van der Waals surface area contributed by atoms with Crippen LogP contribution < -0.4 is 4.90 Å². The van der Waals surface area contributed by atoms with Gasteiger partial charge in [0, 0.05) is 51.4 Å². The third-order valence-corrected chi connectivity index (χ3v) is 6.18. The minimum absolute atomic E-state index is 0.0158. The lowest BCUT2D eigenvalue weighted by Gasteiger charge is -2.36. The lowest BCUT2D eigenvalue weighted by Crippen LogP contribution is -2.49. The minimum Gasteiger partial charge on any atom is -0.368 e. The summed E-state index contributed by atoms with van der Waals surface area (Å²) in [7, 11) is -3.30. The molecular weight excluding hydrogens is 369 g/mol. The Bertz CT molecular complexity index is 701. The number of amides is 1. The first-order valence-electron chi connectivity index (χ1n) is 9.54. The summed E-state index contributed by atoms with van der Waals surface area (Å²) in [5.74, 6) is -0.278. The standard InChI is InChI=1S/C19H30FN3O3S/c1-3-4-5-11-23(27(2,25)26)12-10-19(24)22-15-13-21(14-16-22)18-8-6-17(20)7-9-18/h6-9H,3-5,10-16H2,1-2H3. The molecule has 27 heavy (non-hydrogen) atoms. The van der Waals surface area contributed by atoms with Crippen LogP contribution in [0.3, 0.4) is 0 Å². The molecule has 0 bridgehead atoms. The van der Waals surface area contributed by atoms with Crippen LogP contribution in [0.25, 0.3) is 0 Å². The number of halogens is 1. The van der Waals surface area contributed by atoms with Gasteiger partial charge in [0.15, 0.2) is 0 Å². The van der Waals surface area contributed by atoms with Crippen molar-refractivity contribution in [3.63, 3.8) is 0 Å². The van der Waals surface area contributed by atoms with Gasteiger partial charge >= 0.3 is 0 Å². The molecule has 6 nitrogen and oxygen atoms in total. The number of hydrogen-bond donors (Lipinski definition) is 0. The quantitative estimate of drug-likeness (QED) is 0.598. The number of benzene rings is 1. The fraction of sp³-hybridized carbons (Fsp3) is 0.632. The molecule has 1 amide bonds. The van der Waals surface area contributed by atoms with Crippen molar-refractivity contribution in [2.24, 2.45) is 0 Å². The molecule has 0 atom stereocenters. The van der Waals surface area contributed by atoms with E-state index in [9.17, 15) is 17.6 Å². The monoisotopic (exact) mass is 399 g/mol. The first-order chi connectivity index (χ1) is 12.8. The Kier molecular flexibility index (Phi) is 8.04. The molecule has 0 unspecified atom stereocenters. The Morgan fingerprint density at radius 1 is 1.07 bits per heavy atom. The van der Waals surface area contributed by atoms with Gasteiger partial charge in [-0.3, -0.25) is 4.79 Å². The average Bonchev–Trinajstić information content (AvgIpc) is 2.64. The molecule has 1 fully saturated rings. The van der Waals surface area contributed by atoms with Crippen LogP contribution in [-0.4, -0.2) is 69.1 Å². The largest absolute Gasteiger partial charge is 0.368 e. The molecule has 1 aliphatic heterocycles. The highest BCUT2D eigenvalue weighted by molar-refractivity contribution is 7.88. The normalized spacial score (nSPS) is 15.4. The van der Waals surface area contributed by atoms with Crippen LogP contribution in [0.1, 0.15) is 32.6 Å². The molecular formula is C19H30FN3O3S.